The summed E-state index contributed by atoms with van der Waals surface area (Å²) in [5.41, 5.74) is -1.73. The zero-order valence-corrected chi connectivity index (χ0v) is 12.6. The Morgan fingerprint density at radius 2 is 1.96 bits per heavy atom. The van der Waals surface area contributed by atoms with Crippen molar-refractivity contribution >= 4 is 28.6 Å². The van der Waals surface area contributed by atoms with Crippen LogP contribution in [0, 0.1) is 6.92 Å². The molecule has 1 atom stereocenters. The summed E-state index contributed by atoms with van der Waals surface area (Å²) in [4.78, 5) is 10.8. The molecule has 0 radical (unpaired) electrons. The molecule has 2 aromatic rings. The summed E-state index contributed by atoms with van der Waals surface area (Å²) in [7, 11) is 0. The average Bonchev–Trinajstić information content (AvgIpc) is 2.80. The summed E-state index contributed by atoms with van der Waals surface area (Å²) in [6, 6.07) is 3.40. The Balaban J connectivity index is 2.63. The molecule has 0 bridgehead atoms. The van der Waals surface area contributed by atoms with E-state index in [2.05, 4.69) is 4.42 Å². The van der Waals surface area contributed by atoms with Gasteiger partial charge in [-0.1, -0.05) is 0 Å². The van der Waals surface area contributed by atoms with Gasteiger partial charge in [0.15, 0.2) is 0 Å². The van der Waals surface area contributed by atoms with Crippen molar-refractivity contribution in [2.24, 2.45) is 0 Å². The molecule has 130 valence electrons. The summed E-state index contributed by atoms with van der Waals surface area (Å²) in [6.07, 6.45) is -4.95. The maximum absolute atomic E-state index is 13.0. The van der Waals surface area contributed by atoms with Crippen LogP contribution in [-0.4, -0.2) is 24.9 Å². The van der Waals surface area contributed by atoms with Crippen molar-refractivity contribution in [1.82, 2.24) is 0 Å². The predicted octanol–water partition coefficient (Wildman–Crippen LogP) is 2.94. The molecule has 24 heavy (non-hydrogen) atoms. The molecule has 2 rings (SSSR count). The molecule has 1 unspecified atom stereocenters. The number of furan rings is 1. The summed E-state index contributed by atoms with van der Waals surface area (Å²) in [5.74, 6) is -4.00. The van der Waals surface area contributed by atoms with Gasteiger partial charge in [-0.15, -0.1) is 0 Å². The normalized spacial score (nSPS) is 12.9. The standard InChI is InChI=1S/C13H10F3NO6S/c1-6-4-9(11(23-6)13(14,15)16)17(24(21)22)7-2-3-8(12(19)20)10(18)5-7/h2-5,18H,1H3,(H,19,20)(H,21,22)/p-1. The highest BCUT2D eigenvalue weighted by molar-refractivity contribution is 7.81. The van der Waals surface area contributed by atoms with Gasteiger partial charge < -0.3 is 19.2 Å². The van der Waals surface area contributed by atoms with Gasteiger partial charge in [-0.3, -0.25) is 8.51 Å². The van der Waals surface area contributed by atoms with Crippen LogP contribution in [0.25, 0.3) is 0 Å². The average molecular weight is 364 g/mol. The number of carboxylic acid groups (broad SMARTS) is 1. The lowest BCUT2D eigenvalue weighted by Gasteiger charge is -2.26. The zero-order valence-electron chi connectivity index (χ0n) is 11.8. The van der Waals surface area contributed by atoms with Crippen molar-refractivity contribution in [3.05, 3.63) is 41.3 Å². The second-order valence-electron chi connectivity index (χ2n) is 4.59. The Hall–Kier alpha value is -2.53. The molecular formula is C13H9F3NO6S-. The SMILES string of the molecule is Cc1cc(N(c2ccc(C(=O)O)c(O)c2)S(=O)[O-])c(C(F)(F)F)o1. The number of phenols is 1. The van der Waals surface area contributed by atoms with Gasteiger partial charge in [0.05, 0.1) is 17.0 Å². The molecule has 1 heterocycles. The third kappa shape index (κ3) is 3.36. The Morgan fingerprint density at radius 3 is 2.42 bits per heavy atom. The lowest BCUT2D eigenvalue weighted by atomic mass is 10.1. The van der Waals surface area contributed by atoms with Crippen molar-refractivity contribution < 1.29 is 41.4 Å². The van der Waals surface area contributed by atoms with E-state index in [1.165, 1.54) is 6.92 Å². The number of nitrogens with zero attached hydrogens (tertiary/aromatic N) is 1. The largest absolute Gasteiger partial charge is 0.755 e. The van der Waals surface area contributed by atoms with Crippen molar-refractivity contribution in [3.8, 4) is 5.75 Å². The number of carboxylic acids is 1. The van der Waals surface area contributed by atoms with Gasteiger partial charge >= 0.3 is 12.1 Å². The van der Waals surface area contributed by atoms with E-state index in [0.29, 0.717) is 0 Å². The predicted molar refractivity (Wildman–Crippen MR) is 74.6 cm³/mol. The molecule has 0 amide bonds. The quantitative estimate of drug-likeness (QED) is 0.806. The van der Waals surface area contributed by atoms with Crippen molar-refractivity contribution in [1.29, 1.82) is 0 Å². The zero-order chi connectivity index (χ0) is 18.2. The maximum atomic E-state index is 13.0. The van der Waals surface area contributed by atoms with Gasteiger partial charge in [0.25, 0.3) is 0 Å². The Labute approximate surface area is 135 Å². The van der Waals surface area contributed by atoms with Gasteiger partial charge in [0.2, 0.25) is 5.76 Å². The summed E-state index contributed by atoms with van der Waals surface area (Å²) in [5, 5.41) is 18.4. The molecule has 0 aliphatic rings. The first-order valence-electron chi connectivity index (χ1n) is 6.16. The van der Waals surface area contributed by atoms with E-state index in [9.17, 15) is 31.8 Å². The van der Waals surface area contributed by atoms with Gasteiger partial charge in [-0.2, -0.15) is 13.2 Å². The topological polar surface area (TPSA) is 114 Å². The first-order chi connectivity index (χ1) is 11.0. The van der Waals surface area contributed by atoms with Gasteiger partial charge in [0.1, 0.15) is 22.8 Å². The highest BCUT2D eigenvalue weighted by Crippen LogP contribution is 2.42. The molecule has 11 heteroatoms. The molecule has 0 saturated heterocycles. The fraction of sp³-hybridized carbons (Fsp3) is 0.154. The Bertz CT molecular complexity index is 817. The van der Waals surface area contributed by atoms with Crippen LogP contribution in [0.1, 0.15) is 21.9 Å². The maximum Gasteiger partial charge on any atom is 0.451 e. The van der Waals surface area contributed by atoms with Crippen LogP contribution < -0.4 is 4.31 Å². The van der Waals surface area contributed by atoms with Crippen molar-refractivity contribution in [2.75, 3.05) is 4.31 Å². The van der Waals surface area contributed by atoms with Crippen LogP contribution in [0.2, 0.25) is 0 Å². The Kier molecular flexibility index (Phi) is 4.58. The molecule has 0 fully saturated rings. The number of hydrogen-bond acceptors (Lipinski definition) is 5. The van der Waals surface area contributed by atoms with Gasteiger partial charge in [0, 0.05) is 12.1 Å². The van der Waals surface area contributed by atoms with Crippen LogP contribution in [0.15, 0.2) is 28.7 Å². The van der Waals surface area contributed by atoms with Gasteiger partial charge in [-0.05, 0) is 19.1 Å². The molecule has 0 aliphatic carbocycles. The number of anilines is 2. The van der Waals surface area contributed by atoms with Crippen LogP contribution in [-0.2, 0) is 17.4 Å². The molecule has 1 aromatic heterocycles. The lowest BCUT2D eigenvalue weighted by molar-refractivity contribution is -0.152. The van der Waals surface area contributed by atoms with Crippen molar-refractivity contribution in [3.63, 3.8) is 0 Å². The van der Waals surface area contributed by atoms with E-state index >= 15 is 0 Å². The number of rotatable bonds is 4. The van der Waals surface area contributed by atoms with Crippen LogP contribution in [0.3, 0.4) is 0 Å². The number of aryl methyl sites for hydroxylation is 1. The smallest absolute Gasteiger partial charge is 0.451 e. The van der Waals surface area contributed by atoms with E-state index in [-0.39, 0.29) is 10.1 Å². The molecule has 1 aromatic carbocycles. The second-order valence-corrected chi connectivity index (χ2v) is 5.39. The van der Waals surface area contributed by atoms with Crippen LogP contribution in [0.5, 0.6) is 5.75 Å². The third-order valence-electron chi connectivity index (χ3n) is 2.91. The number of benzene rings is 1. The Morgan fingerprint density at radius 1 is 1.33 bits per heavy atom. The fourth-order valence-corrected chi connectivity index (χ4v) is 2.57. The molecule has 2 N–H and O–H groups in total. The third-order valence-corrected chi connectivity index (χ3v) is 3.61. The van der Waals surface area contributed by atoms with Gasteiger partial charge in [-0.25, -0.2) is 4.79 Å². The van der Waals surface area contributed by atoms with Crippen LogP contribution in [0.4, 0.5) is 24.5 Å². The second kappa shape index (κ2) is 6.17. The monoisotopic (exact) mass is 364 g/mol. The first kappa shape index (κ1) is 17.8. The van der Waals surface area contributed by atoms with E-state index in [0.717, 1.165) is 24.3 Å². The number of aromatic carboxylic acids is 1. The van der Waals surface area contributed by atoms with E-state index in [1.54, 1.807) is 0 Å². The fourth-order valence-electron chi connectivity index (χ4n) is 1.99. The molecule has 0 aliphatic heterocycles. The summed E-state index contributed by atoms with van der Waals surface area (Å²) >= 11 is -3.20. The minimum absolute atomic E-state index is 0.181. The first-order valence-corrected chi connectivity index (χ1v) is 7.19. The highest BCUT2D eigenvalue weighted by atomic mass is 32.2. The number of halogens is 3. The minimum atomic E-state index is -4.95. The summed E-state index contributed by atoms with van der Waals surface area (Å²) in [6.45, 7) is 1.20. The lowest BCUT2D eigenvalue weighted by Crippen LogP contribution is -2.22. The summed E-state index contributed by atoms with van der Waals surface area (Å²) < 4.78 is 66.6. The van der Waals surface area contributed by atoms with Crippen LogP contribution >= 0.6 is 0 Å². The number of hydrogen-bond donors (Lipinski definition) is 2. The minimum Gasteiger partial charge on any atom is -0.755 e. The van der Waals surface area contributed by atoms with E-state index < -0.39 is 51.9 Å². The van der Waals surface area contributed by atoms with Crippen molar-refractivity contribution in [2.45, 2.75) is 13.1 Å². The number of alkyl halides is 3. The van der Waals surface area contributed by atoms with E-state index in [4.69, 9.17) is 5.11 Å². The molecule has 0 saturated carbocycles. The number of carbonyl (C=O) groups is 1. The number of aromatic hydroxyl groups is 1. The molecule has 0 spiro atoms. The molecule has 7 nitrogen and oxygen atoms in total. The molecular weight excluding hydrogens is 355 g/mol. The van der Waals surface area contributed by atoms with E-state index in [1.807, 2.05) is 0 Å². The highest BCUT2D eigenvalue weighted by Gasteiger charge is 2.40.